The third-order valence-corrected chi connectivity index (χ3v) is 6.09. The summed E-state index contributed by atoms with van der Waals surface area (Å²) in [6.45, 7) is 0.485. The number of nitrogens with one attached hydrogen (secondary N) is 1. The zero-order chi connectivity index (χ0) is 22.0. The van der Waals surface area contributed by atoms with E-state index in [9.17, 15) is 14.4 Å². The van der Waals surface area contributed by atoms with Crippen LogP contribution in [0.3, 0.4) is 0 Å². The molecule has 2 aromatic carbocycles. The first-order valence-electron chi connectivity index (χ1n) is 9.76. The summed E-state index contributed by atoms with van der Waals surface area (Å²) in [5.74, 6) is -0.449. The standard InChI is InChI=1S/C23H22N4O3S/c1-26-13-22(29)27(14-21(26)28)12-15-4-6-16(7-5-15)23(30)25-19-11-17(8-9-18(19)24)20-3-2-10-31-20/h2-11H,12-14,24H2,1H3,(H,25,30). The van der Waals surface area contributed by atoms with Gasteiger partial charge in [0, 0.05) is 24.0 Å². The second-order valence-corrected chi connectivity index (χ2v) is 8.38. The Balaban J connectivity index is 1.44. The van der Waals surface area contributed by atoms with E-state index in [0.717, 1.165) is 16.0 Å². The molecule has 1 saturated heterocycles. The molecule has 0 bridgehead atoms. The van der Waals surface area contributed by atoms with Gasteiger partial charge in [0.05, 0.1) is 17.9 Å². The van der Waals surface area contributed by atoms with Gasteiger partial charge in [0.25, 0.3) is 5.91 Å². The van der Waals surface area contributed by atoms with Crippen LogP contribution < -0.4 is 11.1 Å². The van der Waals surface area contributed by atoms with E-state index in [1.807, 2.05) is 29.6 Å². The molecule has 4 rings (SSSR count). The van der Waals surface area contributed by atoms with Crippen LogP contribution >= 0.6 is 11.3 Å². The van der Waals surface area contributed by atoms with E-state index in [-0.39, 0.29) is 30.8 Å². The summed E-state index contributed by atoms with van der Waals surface area (Å²) in [5.41, 5.74) is 9.41. The topological polar surface area (TPSA) is 95.7 Å². The van der Waals surface area contributed by atoms with Gasteiger partial charge < -0.3 is 20.9 Å². The third-order valence-electron chi connectivity index (χ3n) is 5.17. The average molecular weight is 435 g/mol. The first kappa shape index (κ1) is 20.6. The van der Waals surface area contributed by atoms with E-state index in [1.165, 1.54) is 9.80 Å². The molecule has 0 radical (unpaired) electrons. The summed E-state index contributed by atoms with van der Waals surface area (Å²) in [4.78, 5) is 40.7. The molecular formula is C23H22N4O3S. The van der Waals surface area contributed by atoms with Crippen LogP contribution in [0.4, 0.5) is 11.4 Å². The molecule has 158 valence electrons. The first-order valence-corrected chi connectivity index (χ1v) is 10.6. The molecule has 3 N–H and O–H groups in total. The molecule has 7 nitrogen and oxygen atoms in total. The lowest BCUT2D eigenvalue weighted by Crippen LogP contribution is -2.51. The lowest BCUT2D eigenvalue weighted by molar-refractivity contribution is -0.149. The fourth-order valence-electron chi connectivity index (χ4n) is 3.34. The Morgan fingerprint density at radius 3 is 2.55 bits per heavy atom. The van der Waals surface area contributed by atoms with Gasteiger partial charge in [-0.2, -0.15) is 0 Å². The number of benzene rings is 2. The van der Waals surface area contributed by atoms with E-state index < -0.39 is 0 Å². The highest BCUT2D eigenvalue weighted by Crippen LogP contribution is 2.30. The summed E-state index contributed by atoms with van der Waals surface area (Å²) in [6.07, 6.45) is 0. The van der Waals surface area contributed by atoms with Gasteiger partial charge in [-0.05, 0) is 46.8 Å². The van der Waals surface area contributed by atoms with Gasteiger partial charge in [-0.15, -0.1) is 11.3 Å². The molecule has 1 aliphatic heterocycles. The minimum Gasteiger partial charge on any atom is -0.397 e. The molecule has 2 heterocycles. The van der Waals surface area contributed by atoms with Gasteiger partial charge in [-0.1, -0.05) is 24.3 Å². The lowest BCUT2D eigenvalue weighted by atomic mass is 10.1. The summed E-state index contributed by atoms with van der Waals surface area (Å²) in [6, 6.07) is 16.5. The van der Waals surface area contributed by atoms with Crippen molar-refractivity contribution in [3.05, 3.63) is 71.1 Å². The summed E-state index contributed by atoms with van der Waals surface area (Å²) in [7, 11) is 1.62. The van der Waals surface area contributed by atoms with Crippen molar-refractivity contribution >= 4 is 40.4 Å². The van der Waals surface area contributed by atoms with Crippen LogP contribution in [0.25, 0.3) is 10.4 Å². The van der Waals surface area contributed by atoms with Gasteiger partial charge >= 0.3 is 0 Å². The van der Waals surface area contributed by atoms with Gasteiger partial charge in [0.1, 0.15) is 6.54 Å². The number of amides is 3. The summed E-state index contributed by atoms with van der Waals surface area (Å²) in [5, 5.41) is 4.87. The fourth-order valence-corrected chi connectivity index (χ4v) is 4.07. The molecule has 3 aromatic rings. The van der Waals surface area contributed by atoms with E-state index in [2.05, 4.69) is 5.32 Å². The van der Waals surface area contributed by atoms with E-state index in [4.69, 9.17) is 5.73 Å². The largest absolute Gasteiger partial charge is 0.397 e. The molecule has 31 heavy (non-hydrogen) atoms. The number of likely N-dealkylation sites (N-methyl/N-ethyl adjacent to an activating group) is 1. The van der Waals surface area contributed by atoms with Crippen LogP contribution in [0, 0.1) is 0 Å². The number of thiophene rings is 1. The van der Waals surface area contributed by atoms with Gasteiger partial charge in [0.15, 0.2) is 0 Å². The van der Waals surface area contributed by atoms with Crippen molar-refractivity contribution < 1.29 is 14.4 Å². The Kier molecular flexibility index (Phi) is 5.73. The number of rotatable bonds is 5. The number of carbonyl (C=O) groups excluding carboxylic acids is 3. The second kappa shape index (κ2) is 8.61. The molecule has 0 saturated carbocycles. The molecule has 0 unspecified atom stereocenters. The van der Waals surface area contributed by atoms with Crippen LogP contribution in [0.5, 0.6) is 0 Å². The van der Waals surface area contributed by atoms with Crippen molar-refractivity contribution in [3.8, 4) is 10.4 Å². The highest BCUT2D eigenvalue weighted by molar-refractivity contribution is 7.13. The van der Waals surface area contributed by atoms with Crippen molar-refractivity contribution in [2.24, 2.45) is 0 Å². The number of nitrogen functional groups attached to an aromatic ring is 1. The number of anilines is 2. The van der Waals surface area contributed by atoms with Gasteiger partial charge in [-0.25, -0.2) is 0 Å². The maximum atomic E-state index is 12.7. The number of piperazine rings is 1. The zero-order valence-corrected chi connectivity index (χ0v) is 17.8. The highest BCUT2D eigenvalue weighted by atomic mass is 32.1. The predicted molar refractivity (Wildman–Crippen MR) is 122 cm³/mol. The molecule has 0 spiro atoms. The molecule has 3 amide bonds. The fraction of sp³-hybridized carbons (Fsp3) is 0.174. The summed E-state index contributed by atoms with van der Waals surface area (Å²) >= 11 is 1.62. The molecule has 0 atom stereocenters. The van der Waals surface area contributed by atoms with Gasteiger partial charge in [0.2, 0.25) is 11.8 Å². The van der Waals surface area contributed by atoms with Crippen LogP contribution in [0.2, 0.25) is 0 Å². The SMILES string of the molecule is CN1CC(=O)N(Cc2ccc(C(=O)Nc3cc(-c4cccs4)ccc3N)cc2)CC1=O. The molecular weight excluding hydrogens is 412 g/mol. The average Bonchev–Trinajstić information content (AvgIpc) is 3.29. The molecule has 1 aliphatic rings. The quantitative estimate of drug-likeness (QED) is 0.604. The highest BCUT2D eigenvalue weighted by Gasteiger charge is 2.27. The summed E-state index contributed by atoms with van der Waals surface area (Å²) < 4.78 is 0. The Labute approximate surface area is 184 Å². The lowest BCUT2D eigenvalue weighted by Gasteiger charge is -2.31. The van der Waals surface area contributed by atoms with Crippen LogP contribution in [0.1, 0.15) is 15.9 Å². The normalized spacial score (nSPS) is 14.1. The minimum absolute atomic E-state index is 0.0669. The molecule has 1 fully saturated rings. The van der Waals surface area contributed by atoms with Crippen molar-refractivity contribution in [2.45, 2.75) is 6.54 Å². The number of nitrogens with zero attached hydrogens (tertiary/aromatic N) is 2. The van der Waals surface area contributed by atoms with E-state index in [1.54, 1.807) is 48.7 Å². The number of carbonyl (C=O) groups is 3. The zero-order valence-electron chi connectivity index (χ0n) is 17.0. The van der Waals surface area contributed by atoms with Crippen molar-refractivity contribution in [1.29, 1.82) is 0 Å². The maximum absolute atomic E-state index is 12.7. The molecule has 0 aliphatic carbocycles. The first-order chi connectivity index (χ1) is 14.9. The third kappa shape index (κ3) is 4.59. The molecule has 8 heteroatoms. The smallest absolute Gasteiger partial charge is 0.255 e. The maximum Gasteiger partial charge on any atom is 0.255 e. The molecule has 1 aromatic heterocycles. The monoisotopic (exact) mass is 434 g/mol. The van der Waals surface area contributed by atoms with Crippen molar-refractivity contribution in [2.75, 3.05) is 31.2 Å². The Morgan fingerprint density at radius 1 is 1.06 bits per heavy atom. The second-order valence-electron chi connectivity index (χ2n) is 7.43. The van der Waals surface area contributed by atoms with Crippen LogP contribution in [-0.4, -0.2) is 47.7 Å². The number of hydrogen-bond acceptors (Lipinski definition) is 5. The Bertz CT molecular complexity index is 1130. The number of hydrogen-bond donors (Lipinski definition) is 2. The van der Waals surface area contributed by atoms with E-state index >= 15 is 0 Å². The predicted octanol–water partition coefficient (Wildman–Crippen LogP) is 3.05. The Hall–Kier alpha value is -3.65. The Morgan fingerprint density at radius 2 is 1.84 bits per heavy atom. The van der Waals surface area contributed by atoms with Crippen molar-refractivity contribution in [3.63, 3.8) is 0 Å². The van der Waals surface area contributed by atoms with Crippen LogP contribution in [-0.2, 0) is 16.1 Å². The van der Waals surface area contributed by atoms with Crippen LogP contribution in [0.15, 0.2) is 60.0 Å². The minimum atomic E-state index is -0.271. The van der Waals surface area contributed by atoms with Crippen molar-refractivity contribution in [1.82, 2.24) is 9.80 Å². The van der Waals surface area contributed by atoms with Gasteiger partial charge in [-0.3, -0.25) is 14.4 Å². The number of nitrogens with two attached hydrogens (primary N) is 1. The van der Waals surface area contributed by atoms with E-state index in [0.29, 0.717) is 23.5 Å².